The molecule has 0 bridgehead atoms. The molecule has 0 radical (unpaired) electrons. The molecule has 140 valence electrons. The van der Waals surface area contributed by atoms with Crippen molar-refractivity contribution in [2.75, 3.05) is 23.9 Å². The maximum absolute atomic E-state index is 13.5. The molecule has 0 spiro atoms. The third kappa shape index (κ3) is 5.38. The summed E-state index contributed by atoms with van der Waals surface area (Å²) in [6.45, 7) is 6.82. The van der Waals surface area contributed by atoms with Gasteiger partial charge in [0.25, 0.3) is 0 Å². The summed E-state index contributed by atoms with van der Waals surface area (Å²) >= 11 is 11.8. The Morgan fingerprint density at radius 2 is 2.16 bits per heavy atom. The number of carbonyl (C=O) groups excluding carboxylic acids is 1. The zero-order valence-electron chi connectivity index (χ0n) is 14.9. The van der Waals surface area contributed by atoms with Crippen molar-refractivity contribution in [3.63, 3.8) is 0 Å². The Hall–Kier alpha value is -1.20. The van der Waals surface area contributed by atoms with Gasteiger partial charge in [-0.3, -0.25) is 4.90 Å². The number of hydrogen-bond acceptors (Lipinski definition) is 3. The highest BCUT2D eigenvalue weighted by Gasteiger charge is 2.36. The smallest absolute Gasteiger partial charge is 0.411 e. The van der Waals surface area contributed by atoms with Crippen molar-refractivity contribution in [1.29, 1.82) is 0 Å². The molecule has 7 heteroatoms. The van der Waals surface area contributed by atoms with Crippen molar-refractivity contribution in [1.82, 2.24) is 4.90 Å². The van der Waals surface area contributed by atoms with E-state index in [0.29, 0.717) is 19.0 Å². The second kappa shape index (κ2) is 8.45. The van der Waals surface area contributed by atoms with Crippen LogP contribution in [0.5, 0.6) is 0 Å². The molecule has 0 saturated carbocycles. The number of amides is 1. The normalized spacial score (nSPS) is 17.7. The molecule has 1 aliphatic heterocycles. The topological polar surface area (TPSA) is 32.8 Å². The third-order valence-corrected chi connectivity index (χ3v) is 4.53. The largest absolute Gasteiger partial charge is 0.444 e. The van der Waals surface area contributed by atoms with Crippen LogP contribution in [0, 0.1) is 5.82 Å². The van der Waals surface area contributed by atoms with E-state index in [4.69, 9.17) is 27.9 Å². The van der Waals surface area contributed by atoms with Gasteiger partial charge in [-0.15, -0.1) is 11.6 Å². The van der Waals surface area contributed by atoms with Crippen LogP contribution in [0.3, 0.4) is 0 Å². The number of hydrogen-bond donors (Lipinski definition) is 0. The van der Waals surface area contributed by atoms with Crippen molar-refractivity contribution in [3.05, 3.63) is 29.0 Å². The highest BCUT2D eigenvalue weighted by atomic mass is 35.5. The molecule has 4 nitrogen and oxygen atoms in total. The van der Waals surface area contributed by atoms with Gasteiger partial charge in [0.15, 0.2) is 0 Å². The lowest BCUT2D eigenvalue weighted by molar-refractivity contribution is 0.0223. The quantitative estimate of drug-likeness (QED) is 0.641. The Morgan fingerprint density at radius 3 is 2.76 bits per heavy atom. The summed E-state index contributed by atoms with van der Waals surface area (Å²) in [5.74, 6) is 0.0445. The molecule has 0 aliphatic carbocycles. The average molecular weight is 391 g/mol. The molecule has 1 aromatic rings. The first kappa shape index (κ1) is 20.1. The first-order chi connectivity index (χ1) is 11.7. The number of ether oxygens (including phenoxy) is 1. The monoisotopic (exact) mass is 390 g/mol. The number of likely N-dealkylation sites (tertiary alicyclic amines) is 1. The van der Waals surface area contributed by atoms with Gasteiger partial charge >= 0.3 is 6.09 Å². The zero-order chi connectivity index (χ0) is 18.6. The highest BCUT2D eigenvalue weighted by molar-refractivity contribution is 6.31. The number of benzene rings is 1. The molecule has 0 aromatic heterocycles. The molecule has 1 amide bonds. The first-order valence-electron chi connectivity index (χ1n) is 8.50. The predicted octanol–water partition coefficient (Wildman–Crippen LogP) is 5.27. The van der Waals surface area contributed by atoms with Gasteiger partial charge in [0.2, 0.25) is 0 Å². The average Bonchev–Trinajstić information content (AvgIpc) is 2.99. The van der Waals surface area contributed by atoms with Crippen molar-refractivity contribution < 1.29 is 13.9 Å². The van der Waals surface area contributed by atoms with E-state index in [0.717, 1.165) is 24.9 Å². The number of nitrogens with zero attached hydrogens (tertiary/aromatic N) is 2. The summed E-state index contributed by atoms with van der Waals surface area (Å²) in [5.41, 5.74) is 0.224. The molecule has 2 rings (SSSR count). The van der Waals surface area contributed by atoms with E-state index < -0.39 is 11.4 Å². The number of carbonyl (C=O) groups is 1. The minimum Gasteiger partial charge on any atom is -0.444 e. The molecule has 1 saturated heterocycles. The molecular weight excluding hydrogens is 366 g/mol. The molecule has 1 aromatic carbocycles. The predicted molar refractivity (Wildman–Crippen MR) is 100 cm³/mol. The summed E-state index contributed by atoms with van der Waals surface area (Å²) in [4.78, 5) is 16.4. The zero-order valence-corrected chi connectivity index (χ0v) is 16.4. The Morgan fingerprint density at radius 1 is 1.44 bits per heavy atom. The Balaban J connectivity index is 2.26. The van der Waals surface area contributed by atoms with Gasteiger partial charge in [0, 0.05) is 24.7 Å². The van der Waals surface area contributed by atoms with Crippen LogP contribution in [0.2, 0.25) is 5.02 Å². The molecule has 25 heavy (non-hydrogen) atoms. The number of anilines is 1. The summed E-state index contributed by atoms with van der Waals surface area (Å²) < 4.78 is 19.1. The van der Waals surface area contributed by atoms with Gasteiger partial charge in [-0.1, -0.05) is 11.6 Å². The second-order valence-corrected chi connectivity index (χ2v) is 7.92. The summed E-state index contributed by atoms with van der Waals surface area (Å²) in [5, 5.41) is 0.0650. The van der Waals surface area contributed by atoms with Crippen molar-refractivity contribution in [3.8, 4) is 0 Å². The molecular formula is C18H25Cl2FN2O2. The lowest BCUT2D eigenvalue weighted by atomic mass is 10.2. The Kier molecular flexibility index (Phi) is 6.80. The van der Waals surface area contributed by atoms with Crippen LogP contribution in [0.1, 0.15) is 40.0 Å². The molecule has 1 unspecified atom stereocenters. The van der Waals surface area contributed by atoms with Crippen LogP contribution in [-0.4, -0.2) is 41.7 Å². The van der Waals surface area contributed by atoms with E-state index in [1.807, 2.05) is 20.8 Å². The van der Waals surface area contributed by atoms with E-state index in [1.165, 1.54) is 6.07 Å². The van der Waals surface area contributed by atoms with Crippen LogP contribution < -0.4 is 4.90 Å². The van der Waals surface area contributed by atoms with Gasteiger partial charge in [-0.05, 0) is 58.2 Å². The van der Waals surface area contributed by atoms with Crippen LogP contribution in [0.25, 0.3) is 0 Å². The van der Waals surface area contributed by atoms with E-state index in [2.05, 4.69) is 4.90 Å². The fourth-order valence-corrected chi connectivity index (χ4v) is 3.24. The third-order valence-electron chi connectivity index (χ3n) is 3.98. The molecule has 1 heterocycles. The minimum absolute atomic E-state index is 0.0650. The van der Waals surface area contributed by atoms with Gasteiger partial charge in [0.05, 0.1) is 5.02 Å². The van der Waals surface area contributed by atoms with Crippen molar-refractivity contribution in [2.24, 2.45) is 0 Å². The van der Waals surface area contributed by atoms with E-state index >= 15 is 0 Å². The molecule has 1 aliphatic rings. The van der Waals surface area contributed by atoms with E-state index in [-0.39, 0.29) is 17.3 Å². The summed E-state index contributed by atoms with van der Waals surface area (Å²) in [7, 11) is 0. The molecule has 1 fully saturated rings. The molecule has 0 N–H and O–H groups in total. The Bertz CT molecular complexity index is 607. The molecule has 1 atom stereocenters. The Labute approximate surface area is 158 Å². The second-order valence-electron chi connectivity index (χ2n) is 7.13. The highest BCUT2D eigenvalue weighted by Crippen LogP contribution is 2.30. The van der Waals surface area contributed by atoms with Gasteiger partial charge < -0.3 is 9.64 Å². The van der Waals surface area contributed by atoms with E-state index in [9.17, 15) is 9.18 Å². The standard InChI is InChI=1S/C18H25Cl2FN2O2/c1-18(2,3)25-17(24)23-10-4-6-16(23)22(11-5-9-19)13-7-8-15(21)14(20)12-13/h7-8,12,16H,4-6,9-11H2,1-3H3. The summed E-state index contributed by atoms with van der Waals surface area (Å²) in [6, 6.07) is 4.62. The maximum atomic E-state index is 13.5. The fourth-order valence-electron chi connectivity index (χ4n) is 2.95. The SMILES string of the molecule is CC(C)(C)OC(=O)N1CCCC1N(CCCCl)c1ccc(F)c(Cl)c1. The van der Waals surface area contributed by atoms with Gasteiger partial charge in [-0.2, -0.15) is 0 Å². The number of halogens is 3. The van der Waals surface area contributed by atoms with E-state index in [1.54, 1.807) is 17.0 Å². The van der Waals surface area contributed by atoms with Crippen LogP contribution in [0.4, 0.5) is 14.9 Å². The van der Waals surface area contributed by atoms with Crippen LogP contribution in [-0.2, 0) is 4.74 Å². The first-order valence-corrected chi connectivity index (χ1v) is 9.41. The van der Waals surface area contributed by atoms with Gasteiger partial charge in [-0.25, -0.2) is 9.18 Å². The maximum Gasteiger partial charge on any atom is 0.411 e. The van der Waals surface area contributed by atoms with Crippen molar-refractivity contribution >= 4 is 35.0 Å². The summed E-state index contributed by atoms with van der Waals surface area (Å²) in [6.07, 6.45) is 1.96. The van der Waals surface area contributed by atoms with Crippen LogP contribution in [0.15, 0.2) is 18.2 Å². The lowest BCUT2D eigenvalue weighted by Gasteiger charge is -2.37. The fraction of sp³-hybridized carbons (Fsp3) is 0.611. The lowest BCUT2D eigenvalue weighted by Crippen LogP contribution is -2.49. The van der Waals surface area contributed by atoms with Crippen molar-refractivity contribution in [2.45, 2.75) is 51.8 Å². The number of rotatable bonds is 5. The van der Waals surface area contributed by atoms with Crippen LogP contribution >= 0.6 is 23.2 Å². The number of alkyl halides is 1. The minimum atomic E-state index is -0.551. The van der Waals surface area contributed by atoms with Gasteiger partial charge in [0.1, 0.15) is 17.6 Å².